The van der Waals surface area contributed by atoms with Crippen LogP contribution in [0.3, 0.4) is 0 Å². The van der Waals surface area contributed by atoms with Gasteiger partial charge >= 0.3 is 0 Å². The van der Waals surface area contributed by atoms with Crippen molar-refractivity contribution in [3.05, 3.63) is 64.7 Å². The molecule has 3 rings (SSSR count). The van der Waals surface area contributed by atoms with Crippen LogP contribution in [0.5, 0.6) is 5.75 Å². The third-order valence-electron chi connectivity index (χ3n) is 4.36. The van der Waals surface area contributed by atoms with E-state index in [9.17, 15) is 4.79 Å². The number of hydrogen-bond donors (Lipinski definition) is 0. The normalized spacial score (nSPS) is 10.8. The maximum atomic E-state index is 12.8. The molecule has 0 spiro atoms. The number of rotatable bonds is 7. The van der Waals surface area contributed by atoms with Crippen LogP contribution in [-0.4, -0.2) is 37.4 Å². The van der Waals surface area contributed by atoms with Crippen LogP contribution in [0.2, 0.25) is 5.02 Å². The van der Waals surface area contributed by atoms with Gasteiger partial charge in [-0.05, 0) is 44.2 Å². The number of aromatic nitrogens is 4. The predicted molar refractivity (Wildman–Crippen MR) is 103 cm³/mol. The molecule has 3 aromatic rings. The second-order valence-corrected chi connectivity index (χ2v) is 6.61. The molecule has 0 aliphatic heterocycles. The van der Waals surface area contributed by atoms with Crippen LogP contribution in [0, 0.1) is 6.92 Å². The summed E-state index contributed by atoms with van der Waals surface area (Å²) in [6.45, 7) is 5.47. The monoisotopic (exact) mass is 387 g/mol. The molecule has 0 aliphatic carbocycles. The largest absolute Gasteiger partial charge is 0.471 e. The third kappa shape index (κ3) is 4.31. The molecule has 0 N–H and O–H groups in total. The van der Waals surface area contributed by atoms with E-state index in [2.05, 4.69) is 10.2 Å². The van der Waals surface area contributed by atoms with Crippen molar-refractivity contribution >= 4 is 17.5 Å². The molecule has 8 heteroatoms. The molecule has 0 radical (unpaired) electrons. The van der Waals surface area contributed by atoms with Crippen LogP contribution in [-0.2, 0) is 19.8 Å². The molecule has 142 valence electrons. The van der Waals surface area contributed by atoms with Crippen LogP contribution in [0.4, 0.5) is 0 Å². The van der Waals surface area contributed by atoms with E-state index in [1.165, 1.54) is 4.68 Å². The van der Waals surface area contributed by atoms with E-state index in [-0.39, 0.29) is 12.6 Å². The lowest BCUT2D eigenvalue weighted by molar-refractivity contribution is 0.0762. The highest BCUT2D eigenvalue weighted by atomic mass is 35.5. The summed E-state index contributed by atoms with van der Waals surface area (Å²) in [6.07, 6.45) is 3.40. The van der Waals surface area contributed by atoms with Gasteiger partial charge in [-0.1, -0.05) is 11.6 Å². The van der Waals surface area contributed by atoms with Crippen LogP contribution in [0.25, 0.3) is 0 Å². The van der Waals surface area contributed by atoms with E-state index in [1.54, 1.807) is 48.5 Å². The Morgan fingerprint density at radius 3 is 2.59 bits per heavy atom. The molecule has 2 heterocycles. The smallest absolute Gasteiger partial charge is 0.272 e. The lowest BCUT2D eigenvalue weighted by atomic mass is 10.2. The molecule has 0 saturated heterocycles. The number of carbonyl (C=O) groups excluding carboxylic acids is 1. The van der Waals surface area contributed by atoms with E-state index >= 15 is 0 Å². The molecule has 0 unspecified atom stereocenters. The quantitative estimate of drug-likeness (QED) is 0.623. The fourth-order valence-electron chi connectivity index (χ4n) is 2.77. The Morgan fingerprint density at radius 2 is 1.93 bits per heavy atom. The van der Waals surface area contributed by atoms with Gasteiger partial charge in [0.2, 0.25) is 0 Å². The highest BCUT2D eigenvalue weighted by molar-refractivity contribution is 6.30. The Hall–Kier alpha value is -2.80. The van der Waals surface area contributed by atoms with Gasteiger partial charge in [0.25, 0.3) is 5.91 Å². The maximum absolute atomic E-state index is 12.8. The number of hydrogen-bond acceptors (Lipinski definition) is 4. The molecule has 0 saturated carbocycles. The summed E-state index contributed by atoms with van der Waals surface area (Å²) in [5.74, 6) is 0.528. The van der Waals surface area contributed by atoms with Gasteiger partial charge in [0, 0.05) is 42.6 Å². The van der Waals surface area contributed by atoms with E-state index < -0.39 is 0 Å². The zero-order valence-electron chi connectivity index (χ0n) is 15.6. The van der Waals surface area contributed by atoms with Gasteiger partial charge in [-0.3, -0.25) is 9.48 Å². The van der Waals surface area contributed by atoms with Crippen molar-refractivity contribution in [3.8, 4) is 5.75 Å². The molecule has 0 aliphatic rings. The first kappa shape index (κ1) is 19.0. The SMILES string of the molecule is CCn1ncc(CN(C)C(=O)c2ccnn2COc2ccc(Cl)cc2)c1C. The zero-order chi connectivity index (χ0) is 19.4. The Balaban J connectivity index is 1.67. The number of amides is 1. The topological polar surface area (TPSA) is 65.2 Å². The molecule has 0 fully saturated rings. The molecule has 27 heavy (non-hydrogen) atoms. The molecular weight excluding hydrogens is 366 g/mol. The molecular formula is C19H22ClN5O2. The average Bonchev–Trinajstić information content (AvgIpc) is 3.27. The van der Waals surface area contributed by atoms with E-state index in [4.69, 9.17) is 16.3 Å². The van der Waals surface area contributed by atoms with Crippen molar-refractivity contribution in [2.75, 3.05) is 7.05 Å². The number of carbonyl (C=O) groups is 1. The Labute approximate surface area is 163 Å². The molecule has 1 amide bonds. The summed E-state index contributed by atoms with van der Waals surface area (Å²) in [5.41, 5.74) is 2.56. The lowest BCUT2D eigenvalue weighted by Gasteiger charge is -2.18. The summed E-state index contributed by atoms with van der Waals surface area (Å²) >= 11 is 5.87. The highest BCUT2D eigenvalue weighted by Crippen LogP contribution is 2.17. The number of ether oxygens (including phenoxy) is 1. The van der Waals surface area contributed by atoms with Crippen LogP contribution >= 0.6 is 11.6 Å². The third-order valence-corrected chi connectivity index (χ3v) is 4.61. The summed E-state index contributed by atoms with van der Waals surface area (Å²) in [7, 11) is 1.77. The number of benzene rings is 1. The molecule has 1 aromatic carbocycles. The van der Waals surface area contributed by atoms with Crippen molar-refractivity contribution in [1.29, 1.82) is 0 Å². The first-order valence-electron chi connectivity index (χ1n) is 8.66. The van der Waals surface area contributed by atoms with Gasteiger partial charge in [-0.25, -0.2) is 4.68 Å². The van der Waals surface area contributed by atoms with Gasteiger partial charge in [0.05, 0.1) is 6.20 Å². The Morgan fingerprint density at radius 1 is 1.19 bits per heavy atom. The first-order chi connectivity index (χ1) is 13.0. The second kappa shape index (κ2) is 8.26. The second-order valence-electron chi connectivity index (χ2n) is 6.18. The number of nitrogens with zero attached hydrogens (tertiary/aromatic N) is 5. The zero-order valence-corrected chi connectivity index (χ0v) is 16.3. The van der Waals surface area contributed by atoms with Crippen molar-refractivity contribution in [3.63, 3.8) is 0 Å². The highest BCUT2D eigenvalue weighted by Gasteiger charge is 2.18. The fraction of sp³-hybridized carbons (Fsp3) is 0.316. The van der Waals surface area contributed by atoms with Crippen molar-refractivity contribution in [2.45, 2.75) is 33.7 Å². The summed E-state index contributed by atoms with van der Waals surface area (Å²) in [5, 5.41) is 9.16. The van der Waals surface area contributed by atoms with Crippen LogP contribution < -0.4 is 4.74 Å². The summed E-state index contributed by atoms with van der Waals surface area (Å²) in [4.78, 5) is 14.5. The van der Waals surface area contributed by atoms with Gasteiger partial charge in [0.15, 0.2) is 6.73 Å². The summed E-state index contributed by atoms with van der Waals surface area (Å²) < 4.78 is 9.14. The van der Waals surface area contributed by atoms with E-state index in [0.29, 0.717) is 23.0 Å². The van der Waals surface area contributed by atoms with E-state index in [0.717, 1.165) is 17.8 Å². The lowest BCUT2D eigenvalue weighted by Crippen LogP contribution is -2.29. The van der Waals surface area contributed by atoms with Crippen molar-refractivity contribution in [1.82, 2.24) is 24.5 Å². The van der Waals surface area contributed by atoms with Crippen molar-refractivity contribution < 1.29 is 9.53 Å². The van der Waals surface area contributed by atoms with Crippen molar-refractivity contribution in [2.24, 2.45) is 0 Å². The van der Waals surface area contributed by atoms with E-state index in [1.807, 2.05) is 24.7 Å². The van der Waals surface area contributed by atoms with Gasteiger partial charge in [-0.2, -0.15) is 10.2 Å². The molecule has 7 nitrogen and oxygen atoms in total. The Kier molecular flexibility index (Phi) is 5.81. The predicted octanol–water partition coefficient (Wildman–Crippen LogP) is 3.37. The van der Waals surface area contributed by atoms with Gasteiger partial charge < -0.3 is 9.64 Å². The minimum absolute atomic E-state index is 0.129. The van der Waals surface area contributed by atoms with Gasteiger partial charge in [-0.15, -0.1) is 0 Å². The summed E-state index contributed by atoms with van der Waals surface area (Å²) in [6, 6.07) is 8.73. The minimum atomic E-state index is -0.129. The first-order valence-corrected chi connectivity index (χ1v) is 9.04. The van der Waals surface area contributed by atoms with Crippen LogP contribution in [0.1, 0.15) is 28.7 Å². The molecule has 0 bridgehead atoms. The average molecular weight is 388 g/mol. The minimum Gasteiger partial charge on any atom is -0.471 e. The fourth-order valence-corrected chi connectivity index (χ4v) is 2.89. The molecule has 2 aromatic heterocycles. The van der Waals surface area contributed by atoms with Crippen LogP contribution in [0.15, 0.2) is 42.7 Å². The maximum Gasteiger partial charge on any atom is 0.272 e. The molecule has 0 atom stereocenters. The number of halogens is 1. The van der Waals surface area contributed by atoms with Gasteiger partial charge in [0.1, 0.15) is 11.4 Å². The standard InChI is InChI=1S/C19H22ClN5O2/c1-4-24-14(2)15(11-22-24)12-23(3)19(26)18-9-10-21-25(18)13-27-17-7-5-16(20)6-8-17/h5-11H,4,12-13H2,1-3H3. The number of aryl methyl sites for hydroxylation is 1. The Bertz CT molecular complexity index is 917.